The third-order valence-electron chi connectivity index (χ3n) is 5.42. The van der Waals surface area contributed by atoms with Gasteiger partial charge in [-0.2, -0.15) is 0 Å². The molecule has 0 aromatic rings. The first-order chi connectivity index (χ1) is 9.56. The number of nitrogens with zero attached hydrogens (tertiary/aromatic N) is 1. The van der Waals surface area contributed by atoms with Crippen LogP contribution < -0.4 is 5.32 Å². The highest BCUT2D eigenvalue weighted by Crippen LogP contribution is 2.31. The van der Waals surface area contributed by atoms with E-state index >= 15 is 0 Å². The fraction of sp³-hybridized carbons (Fsp3) is 1.00. The van der Waals surface area contributed by atoms with E-state index < -0.39 is 0 Å². The molecule has 120 valence electrons. The molecule has 0 spiro atoms. The molecule has 0 heterocycles. The predicted molar refractivity (Wildman–Crippen MR) is 90.3 cm³/mol. The maximum absolute atomic E-state index is 3.69. The van der Waals surface area contributed by atoms with Crippen molar-refractivity contribution in [3.63, 3.8) is 0 Å². The average Bonchev–Trinajstić information content (AvgIpc) is 2.49. The smallest absolute Gasteiger partial charge is 0.00953 e. The van der Waals surface area contributed by atoms with Gasteiger partial charge in [-0.25, -0.2) is 0 Å². The molecule has 0 aliphatic heterocycles. The molecule has 0 saturated heterocycles. The normalized spacial score (nSPS) is 18.1. The third-order valence-corrected chi connectivity index (χ3v) is 5.42. The fourth-order valence-electron chi connectivity index (χ4n) is 3.58. The Morgan fingerprint density at radius 3 is 2.10 bits per heavy atom. The number of hydrogen-bond acceptors (Lipinski definition) is 2. The number of nitrogens with one attached hydrogen (secondary N) is 1. The Kier molecular flexibility index (Phi) is 8.13. The second kappa shape index (κ2) is 9.04. The van der Waals surface area contributed by atoms with Crippen molar-refractivity contribution >= 4 is 0 Å². The Bertz CT molecular complexity index is 240. The van der Waals surface area contributed by atoms with Gasteiger partial charge >= 0.3 is 0 Å². The Morgan fingerprint density at radius 1 is 1.05 bits per heavy atom. The summed E-state index contributed by atoms with van der Waals surface area (Å²) in [5, 5.41) is 3.69. The van der Waals surface area contributed by atoms with Crippen LogP contribution >= 0.6 is 0 Å². The number of hydrogen-bond donors (Lipinski definition) is 1. The first-order valence-electron chi connectivity index (χ1n) is 9.04. The van der Waals surface area contributed by atoms with Crippen molar-refractivity contribution in [1.29, 1.82) is 0 Å². The van der Waals surface area contributed by atoms with Crippen LogP contribution in [0.5, 0.6) is 0 Å². The van der Waals surface area contributed by atoms with E-state index in [9.17, 15) is 0 Å². The summed E-state index contributed by atoms with van der Waals surface area (Å²) < 4.78 is 0. The van der Waals surface area contributed by atoms with E-state index in [1.54, 1.807) is 0 Å². The average molecular weight is 283 g/mol. The first-order valence-corrected chi connectivity index (χ1v) is 9.04. The van der Waals surface area contributed by atoms with E-state index in [4.69, 9.17) is 0 Å². The zero-order chi connectivity index (χ0) is 15.0. The van der Waals surface area contributed by atoms with Crippen molar-refractivity contribution in [3.05, 3.63) is 0 Å². The monoisotopic (exact) mass is 282 g/mol. The highest BCUT2D eigenvalue weighted by Gasteiger charge is 2.31. The molecule has 20 heavy (non-hydrogen) atoms. The molecule has 2 nitrogen and oxygen atoms in total. The maximum Gasteiger partial charge on any atom is 0.00953 e. The summed E-state index contributed by atoms with van der Waals surface area (Å²) in [7, 11) is 0. The van der Waals surface area contributed by atoms with E-state index in [0.29, 0.717) is 11.5 Å². The zero-order valence-electron chi connectivity index (χ0n) is 14.7. The molecule has 1 fully saturated rings. The number of rotatable bonds is 9. The summed E-state index contributed by atoms with van der Waals surface area (Å²) in [5.41, 5.74) is 0.456. The molecule has 1 aliphatic carbocycles. The van der Waals surface area contributed by atoms with Gasteiger partial charge in [-0.1, -0.05) is 53.9 Å². The summed E-state index contributed by atoms with van der Waals surface area (Å²) in [6.07, 6.45) is 9.76. The minimum atomic E-state index is 0.456. The SMILES string of the molecule is CCN(CC(CC)(CC)CNC(C)C)C1CCCCC1. The molecular weight excluding hydrogens is 244 g/mol. The van der Waals surface area contributed by atoms with E-state index in [1.807, 2.05) is 0 Å². The zero-order valence-corrected chi connectivity index (χ0v) is 14.7. The molecule has 0 radical (unpaired) electrons. The fourth-order valence-corrected chi connectivity index (χ4v) is 3.58. The minimum Gasteiger partial charge on any atom is -0.314 e. The maximum atomic E-state index is 3.69. The van der Waals surface area contributed by atoms with Crippen molar-refractivity contribution in [2.24, 2.45) is 5.41 Å². The first kappa shape index (κ1) is 18.0. The topological polar surface area (TPSA) is 15.3 Å². The second-order valence-corrected chi connectivity index (χ2v) is 7.10. The van der Waals surface area contributed by atoms with Gasteiger partial charge < -0.3 is 10.2 Å². The summed E-state index contributed by atoms with van der Waals surface area (Å²) in [6, 6.07) is 1.45. The van der Waals surface area contributed by atoms with Gasteiger partial charge in [-0.3, -0.25) is 0 Å². The van der Waals surface area contributed by atoms with E-state index in [2.05, 4.69) is 44.8 Å². The van der Waals surface area contributed by atoms with Gasteiger partial charge in [0.15, 0.2) is 0 Å². The molecule has 1 rings (SSSR count). The van der Waals surface area contributed by atoms with Gasteiger partial charge in [0.1, 0.15) is 0 Å². The van der Waals surface area contributed by atoms with Crippen LogP contribution in [0.25, 0.3) is 0 Å². The molecule has 0 amide bonds. The second-order valence-electron chi connectivity index (χ2n) is 7.10. The van der Waals surface area contributed by atoms with E-state index in [1.165, 1.54) is 64.6 Å². The van der Waals surface area contributed by atoms with Crippen LogP contribution in [0.15, 0.2) is 0 Å². The Hall–Kier alpha value is -0.0800. The molecule has 0 aromatic heterocycles. The van der Waals surface area contributed by atoms with Gasteiger partial charge in [0, 0.05) is 25.2 Å². The summed E-state index contributed by atoms with van der Waals surface area (Å²) in [4.78, 5) is 2.79. The minimum absolute atomic E-state index is 0.456. The van der Waals surface area contributed by atoms with Crippen LogP contribution in [-0.2, 0) is 0 Å². The van der Waals surface area contributed by atoms with Gasteiger partial charge in [0.25, 0.3) is 0 Å². The van der Waals surface area contributed by atoms with Crippen LogP contribution in [0.1, 0.15) is 79.6 Å². The lowest BCUT2D eigenvalue weighted by Crippen LogP contribution is -2.48. The molecule has 0 bridgehead atoms. The Labute approximate surface area is 127 Å². The van der Waals surface area contributed by atoms with Gasteiger partial charge in [-0.05, 0) is 37.6 Å². The van der Waals surface area contributed by atoms with Crippen molar-refractivity contribution in [3.8, 4) is 0 Å². The molecule has 1 aliphatic rings. The molecule has 2 heteroatoms. The predicted octanol–water partition coefficient (Wildman–Crippen LogP) is 4.45. The molecular formula is C18H38N2. The lowest BCUT2D eigenvalue weighted by Gasteiger charge is -2.42. The van der Waals surface area contributed by atoms with Crippen molar-refractivity contribution in [2.45, 2.75) is 91.6 Å². The highest BCUT2D eigenvalue weighted by atomic mass is 15.2. The standard InChI is InChI=1S/C18H38N2/c1-6-18(7-2,14-19-16(4)5)15-20(8-3)17-12-10-9-11-13-17/h16-17,19H,6-15H2,1-5H3. The van der Waals surface area contributed by atoms with Crippen LogP contribution in [-0.4, -0.2) is 36.6 Å². The summed E-state index contributed by atoms with van der Waals surface area (Å²) in [6.45, 7) is 15.3. The van der Waals surface area contributed by atoms with Crippen LogP contribution in [0.3, 0.4) is 0 Å². The van der Waals surface area contributed by atoms with Gasteiger partial charge in [0.05, 0.1) is 0 Å². The van der Waals surface area contributed by atoms with Crippen LogP contribution in [0.2, 0.25) is 0 Å². The quantitative estimate of drug-likeness (QED) is 0.672. The highest BCUT2D eigenvalue weighted by molar-refractivity contribution is 4.86. The van der Waals surface area contributed by atoms with E-state index in [0.717, 1.165) is 6.04 Å². The summed E-state index contributed by atoms with van der Waals surface area (Å²) in [5.74, 6) is 0. The Morgan fingerprint density at radius 2 is 1.65 bits per heavy atom. The summed E-state index contributed by atoms with van der Waals surface area (Å²) >= 11 is 0. The lowest BCUT2D eigenvalue weighted by atomic mass is 9.80. The largest absolute Gasteiger partial charge is 0.314 e. The Balaban J connectivity index is 2.64. The van der Waals surface area contributed by atoms with E-state index in [-0.39, 0.29) is 0 Å². The van der Waals surface area contributed by atoms with Crippen molar-refractivity contribution in [1.82, 2.24) is 10.2 Å². The molecule has 0 unspecified atom stereocenters. The van der Waals surface area contributed by atoms with Gasteiger partial charge in [-0.15, -0.1) is 0 Å². The third kappa shape index (κ3) is 5.37. The van der Waals surface area contributed by atoms with Crippen LogP contribution in [0, 0.1) is 5.41 Å². The molecule has 0 aromatic carbocycles. The van der Waals surface area contributed by atoms with Crippen molar-refractivity contribution in [2.75, 3.05) is 19.6 Å². The lowest BCUT2D eigenvalue weighted by molar-refractivity contribution is 0.0832. The molecule has 1 saturated carbocycles. The molecule has 1 N–H and O–H groups in total. The van der Waals surface area contributed by atoms with Gasteiger partial charge in [0.2, 0.25) is 0 Å². The molecule has 0 atom stereocenters. The van der Waals surface area contributed by atoms with Crippen LogP contribution in [0.4, 0.5) is 0 Å². The van der Waals surface area contributed by atoms with Crippen molar-refractivity contribution < 1.29 is 0 Å².